The van der Waals surface area contributed by atoms with Crippen molar-refractivity contribution in [3.8, 4) is 5.75 Å². The molecule has 0 unspecified atom stereocenters. The van der Waals surface area contributed by atoms with Gasteiger partial charge in [0.15, 0.2) is 11.6 Å². The van der Waals surface area contributed by atoms with E-state index in [1.807, 2.05) is 0 Å². The van der Waals surface area contributed by atoms with Crippen LogP contribution in [0.15, 0.2) is 71.3 Å². The maximum absolute atomic E-state index is 13.9. The minimum atomic E-state index is -1.54. The molecule has 11 nitrogen and oxygen atoms in total. The highest BCUT2D eigenvalue weighted by atomic mass is 16.6. The van der Waals surface area contributed by atoms with Crippen LogP contribution in [0.4, 0.5) is 0 Å². The van der Waals surface area contributed by atoms with Gasteiger partial charge in [0, 0.05) is 36.5 Å². The normalized spacial score (nSPS) is 18.0. The predicted molar refractivity (Wildman–Crippen MR) is 154 cm³/mol. The number of nitrogens with zero attached hydrogens (tertiary/aromatic N) is 4. The molecule has 0 aromatic heterocycles. The molecule has 2 aromatic rings. The van der Waals surface area contributed by atoms with Crippen LogP contribution in [0.25, 0.3) is 10.4 Å². The van der Waals surface area contributed by atoms with Crippen molar-refractivity contribution in [1.82, 2.24) is 5.32 Å². The Bertz CT molecular complexity index is 1300. The molecule has 0 saturated heterocycles. The summed E-state index contributed by atoms with van der Waals surface area (Å²) < 4.78 is 17.6. The number of hydrogen-bond acceptors (Lipinski definition) is 8. The lowest BCUT2D eigenvalue weighted by atomic mass is 9.81. The van der Waals surface area contributed by atoms with Crippen molar-refractivity contribution in [2.75, 3.05) is 19.8 Å². The molecule has 2 aromatic carbocycles. The zero-order valence-electron chi connectivity index (χ0n) is 23.7. The van der Waals surface area contributed by atoms with E-state index in [0.717, 1.165) is 0 Å². The zero-order chi connectivity index (χ0) is 29.9. The van der Waals surface area contributed by atoms with Crippen LogP contribution in [0.5, 0.6) is 5.75 Å². The number of ether oxygens (including phenoxy) is 3. The second-order valence-corrected chi connectivity index (χ2v) is 10.5. The first kappa shape index (κ1) is 31.2. The first-order valence-electron chi connectivity index (χ1n) is 13.4. The molecule has 1 aliphatic heterocycles. The summed E-state index contributed by atoms with van der Waals surface area (Å²) in [6, 6.07) is 14.2. The molecule has 0 fully saturated rings. The highest BCUT2D eigenvalue weighted by Crippen LogP contribution is 2.44. The smallest absolute Gasteiger partial charge is 0.306 e. The molecule has 0 radical (unpaired) electrons. The standard InChI is InChI=1S/C30H37N5O6/c1-5-17-32-28(38)30(16-15-25(37)41-29(2,3)4)26(24-10-7-6-9-22(24)20-33-35-31)40-27(34-30)21-11-13-23(14-12-21)39-19-8-18-36/h5-7,9-14,26,36H,1,8,15-20H2,2-4H3,(H,32,38)/t26-,30-/m1/s1. The molecule has 3 rings (SSSR count). The number of aliphatic hydroxyl groups excluding tert-OH is 1. The van der Waals surface area contributed by atoms with Gasteiger partial charge in [-0.1, -0.05) is 35.5 Å². The van der Waals surface area contributed by atoms with Crippen LogP contribution in [0.1, 0.15) is 62.8 Å². The number of esters is 1. The lowest BCUT2D eigenvalue weighted by Gasteiger charge is -2.31. The molecule has 218 valence electrons. The Morgan fingerprint density at radius 1 is 1.24 bits per heavy atom. The third kappa shape index (κ3) is 8.33. The van der Waals surface area contributed by atoms with E-state index in [9.17, 15) is 9.59 Å². The van der Waals surface area contributed by atoms with E-state index in [0.29, 0.717) is 35.5 Å². The summed E-state index contributed by atoms with van der Waals surface area (Å²) in [6.45, 7) is 9.65. The molecule has 0 bridgehead atoms. The first-order valence-corrected chi connectivity index (χ1v) is 13.4. The van der Waals surface area contributed by atoms with E-state index in [4.69, 9.17) is 29.8 Å². The molecule has 1 amide bonds. The molecule has 11 heteroatoms. The van der Waals surface area contributed by atoms with Crippen molar-refractivity contribution in [2.45, 2.75) is 63.8 Å². The number of amides is 1. The van der Waals surface area contributed by atoms with Gasteiger partial charge in [0.05, 0.1) is 13.2 Å². The summed E-state index contributed by atoms with van der Waals surface area (Å²) in [5, 5.41) is 15.6. The van der Waals surface area contributed by atoms with Gasteiger partial charge in [-0.3, -0.25) is 9.59 Å². The molecule has 2 atom stereocenters. The summed E-state index contributed by atoms with van der Waals surface area (Å²) >= 11 is 0. The third-order valence-corrected chi connectivity index (χ3v) is 6.21. The highest BCUT2D eigenvalue weighted by molar-refractivity contribution is 6.01. The van der Waals surface area contributed by atoms with Crippen LogP contribution in [0.3, 0.4) is 0 Å². The molecular formula is C30H37N5O6. The highest BCUT2D eigenvalue weighted by Gasteiger charge is 2.53. The second kappa shape index (κ2) is 14.3. The molecule has 41 heavy (non-hydrogen) atoms. The number of aliphatic hydroxyl groups is 1. The van der Waals surface area contributed by atoms with E-state index < -0.39 is 29.1 Å². The van der Waals surface area contributed by atoms with Crippen LogP contribution in [0, 0.1) is 0 Å². The van der Waals surface area contributed by atoms with Crippen LogP contribution < -0.4 is 10.1 Å². The number of aliphatic imine (C=N–C) groups is 1. The lowest BCUT2D eigenvalue weighted by molar-refractivity contribution is -0.155. The second-order valence-electron chi connectivity index (χ2n) is 10.5. The van der Waals surface area contributed by atoms with Gasteiger partial charge in [-0.25, -0.2) is 4.99 Å². The van der Waals surface area contributed by atoms with Gasteiger partial charge < -0.3 is 24.6 Å². The molecule has 1 aliphatic rings. The average molecular weight is 564 g/mol. The number of benzene rings is 2. The Balaban J connectivity index is 2.09. The molecule has 0 saturated carbocycles. The van der Waals surface area contributed by atoms with Gasteiger partial charge in [-0.2, -0.15) is 0 Å². The van der Waals surface area contributed by atoms with Crippen molar-refractivity contribution in [3.63, 3.8) is 0 Å². The number of azide groups is 1. The van der Waals surface area contributed by atoms with Crippen molar-refractivity contribution in [1.29, 1.82) is 0 Å². The van der Waals surface area contributed by atoms with Crippen molar-refractivity contribution >= 4 is 17.8 Å². The average Bonchev–Trinajstić information content (AvgIpc) is 3.34. The summed E-state index contributed by atoms with van der Waals surface area (Å²) in [7, 11) is 0. The van der Waals surface area contributed by atoms with Gasteiger partial charge in [0.25, 0.3) is 5.91 Å². The maximum atomic E-state index is 13.9. The topological polar surface area (TPSA) is 155 Å². The van der Waals surface area contributed by atoms with Crippen LogP contribution in [-0.2, 0) is 25.6 Å². The van der Waals surface area contributed by atoms with E-state index in [2.05, 4.69) is 21.9 Å². The lowest BCUT2D eigenvalue weighted by Crippen LogP contribution is -2.49. The summed E-state index contributed by atoms with van der Waals surface area (Å²) in [5.74, 6) is -0.0866. The monoisotopic (exact) mass is 563 g/mol. The van der Waals surface area contributed by atoms with E-state index in [1.165, 1.54) is 0 Å². The summed E-state index contributed by atoms with van der Waals surface area (Å²) in [4.78, 5) is 34.4. The van der Waals surface area contributed by atoms with Crippen LogP contribution >= 0.6 is 0 Å². The summed E-state index contributed by atoms with van der Waals surface area (Å²) in [5.41, 5.74) is 8.59. The minimum absolute atomic E-state index is 0.00272. The van der Waals surface area contributed by atoms with E-state index >= 15 is 0 Å². The Hall–Kier alpha value is -4.34. The number of rotatable bonds is 14. The fourth-order valence-electron chi connectivity index (χ4n) is 4.39. The Morgan fingerprint density at radius 3 is 2.63 bits per heavy atom. The fourth-order valence-corrected chi connectivity index (χ4v) is 4.39. The molecule has 0 aliphatic carbocycles. The van der Waals surface area contributed by atoms with Gasteiger partial charge >= 0.3 is 5.97 Å². The molecule has 2 N–H and O–H groups in total. The quantitative estimate of drug-likeness (QED) is 0.0828. The van der Waals surface area contributed by atoms with Gasteiger partial charge in [0.1, 0.15) is 11.4 Å². The Morgan fingerprint density at radius 2 is 1.98 bits per heavy atom. The number of hydrogen-bond donors (Lipinski definition) is 2. The third-order valence-electron chi connectivity index (χ3n) is 6.21. The predicted octanol–water partition coefficient (Wildman–Crippen LogP) is 4.94. The largest absolute Gasteiger partial charge is 0.494 e. The molecule has 1 heterocycles. The van der Waals surface area contributed by atoms with Gasteiger partial charge in [-0.15, -0.1) is 6.58 Å². The SMILES string of the molecule is C=CCNC(=O)[C@]1(CCC(=O)OC(C)(C)C)N=C(c2ccc(OCCCO)cc2)O[C@@H]1c1ccccc1CN=[N+]=[N-]. The number of carbonyl (C=O) groups is 2. The van der Waals surface area contributed by atoms with Crippen molar-refractivity contribution < 1.29 is 28.9 Å². The minimum Gasteiger partial charge on any atom is -0.494 e. The molecule has 0 spiro atoms. The first-order chi connectivity index (χ1) is 19.6. The van der Waals surface area contributed by atoms with Crippen LogP contribution in [-0.4, -0.2) is 53.8 Å². The summed E-state index contributed by atoms with van der Waals surface area (Å²) in [6.07, 6.45) is 1.03. The van der Waals surface area contributed by atoms with Gasteiger partial charge in [-0.05, 0) is 68.1 Å². The Kier molecular flexibility index (Phi) is 10.9. The van der Waals surface area contributed by atoms with Crippen molar-refractivity contribution in [3.05, 3.63) is 88.3 Å². The fraction of sp³-hybridized carbons (Fsp3) is 0.433. The number of carbonyl (C=O) groups excluding carboxylic acids is 2. The molecular weight excluding hydrogens is 526 g/mol. The Labute approximate surface area is 239 Å². The van der Waals surface area contributed by atoms with E-state index in [-0.39, 0.29) is 38.4 Å². The van der Waals surface area contributed by atoms with E-state index in [1.54, 1.807) is 75.4 Å². The zero-order valence-corrected chi connectivity index (χ0v) is 23.7. The van der Waals surface area contributed by atoms with Crippen LogP contribution in [0.2, 0.25) is 0 Å². The number of nitrogens with one attached hydrogen (secondary N) is 1. The van der Waals surface area contributed by atoms with Crippen molar-refractivity contribution in [2.24, 2.45) is 10.1 Å². The maximum Gasteiger partial charge on any atom is 0.306 e. The van der Waals surface area contributed by atoms with Gasteiger partial charge in [0.2, 0.25) is 5.90 Å².